The molecule has 1 aromatic heterocycles. The van der Waals surface area contributed by atoms with Crippen molar-refractivity contribution >= 4 is 23.3 Å². The van der Waals surface area contributed by atoms with Gasteiger partial charge in [0.15, 0.2) is 16.3 Å². The summed E-state index contributed by atoms with van der Waals surface area (Å²) >= 11 is 5.42. The van der Waals surface area contributed by atoms with Crippen LogP contribution in [0.4, 0.5) is 0 Å². The zero-order valence-electron chi connectivity index (χ0n) is 12.4. The Morgan fingerprint density at radius 2 is 1.80 bits per heavy atom. The van der Waals surface area contributed by atoms with Gasteiger partial charge in [-0.2, -0.15) is 0 Å². The number of methoxy groups -OCH3 is 2. The highest BCUT2D eigenvalue weighted by Gasteiger charge is 2.10. The summed E-state index contributed by atoms with van der Waals surface area (Å²) < 4.78 is 13.6. The number of H-pyrrole nitrogens is 1. The van der Waals surface area contributed by atoms with Gasteiger partial charge in [0, 0.05) is 18.7 Å². The lowest BCUT2D eigenvalue weighted by Gasteiger charge is -2.09. The molecule has 0 radical (unpaired) electrons. The van der Waals surface area contributed by atoms with E-state index in [1.165, 1.54) is 19.3 Å². The van der Waals surface area contributed by atoms with E-state index in [1.54, 1.807) is 14.2 Å². The predicted molar refractivity (Wildman–Crippen MR) is 84.4 cm³/mol. The van der Waals surface area contributed by atoms with Crippen molar-refractivity contribution in [3.63, 3.8) is 0 Å². The third-order valence-electron chi connectivity index (χ3n) is 3.51. The summed E-state index contributed by atoms with van der Waals surface area (Å²) in [7, 11) is 3.29. The molecule has 110 valence electrons. The molecule has 0 amide bonds. The summed E-state index contributed by atoms with van der Waals surface area (Å²) in [4.78, 5) is 3.24. The zero-order chi connectivity index (χ0) is 14.5. The molecule has 4 nitrogen and oxygen atoms in total. The normalized spacial score (nSPS) is 10.9. The quantitative estimate of drug-likeness (QED) is 0.611. The highest BCUT2D eigenvalue weighted by atomic mass is 32.1. The highest BCUT2D eigenvalue weighted by molar-refractivity contribution is 7.71. The van der Waals surface area contributed by atoms with Gasteiger partial charge >= 0.3 is 0 Å². The van der Waals surface area contributed by atoms with E-state index in [4.69, 9.17) is 21.7 Å². The Balaban J connectivity index is 2.34. The predicted octanol–water partition coefficient (Wildman–Crippen LogP) is 4.30. The molecule has 0 unspecified atom stereocenters. The molecule has 0 saturated carbocycles. The van der Waals surface area contributed by atoms with Crippen LogP contribution in [0.2, 0.25) is 0 Å². The monoisotopic (exact) mass is 294 g/mol. The van der Waals surface area contributed by atoms with E-state index >= 15 is 0 Å². The summed E-state index contributed by atoms with van der Waals surface area (Å²) in [5.74, 6) is 1.45. The summed E-state index contributed by atoms with van der Waals surface area (Å²) in [5, 5.41) is 0. The first-order valence-electron chi connectivity index (χ1n) is 7.05. The molecule has 1 N–H and O–H groups in total. The van der Waals surface area contributed by atoms with Crippen molar-refractivity contribution in [3.05, 3.63) is 16.9 Å². The number of nitrogens with one attached hydrogen (secondary N) is 1. The van der Waals surface area contributed by atoms with Crippen molar-refractivity contribution < 1.29 is 9.47 Å². The maximum Gasteiger partial charge on any atom is 0.178 e. The van der Waals surface area contributed by atoms with Crippen molar-refractivity contribution in [1.29, 1.82) is 0 Å². The van der Waals surface area contributed by atoms with Crippen LogP contribution in [-0.2, 0) is 6.54 Å². The Bertz CT molecular complexity index is 631. The third kappa shape index (κ3) is 2.98. The number of unbranched alkanes of at least 4 members (excludes halogenated alkanes) is 3. The number of ether oxygens (including phenoxy) is 2. The number of imidazole rings is 1. The Hall–Kier alpha value is -1.49. The molecule has 2 aromatic rings. The van der Waals surface area contributed by atoms with E-state index in [1.807, 2.05) is 12.1 Å². The molecule has 1 aromatic carbocycles. The Morgan fingerprint density at radius 3 is 2.45 bits per heavy atom. The first-order chi connectivity index (χ1) is 9.71. The van der Waals surface area contributed by atoms with Gasteiger partial charge in [0.1, 0.15) is 0 Å². The van der Waals surface area contributed by atoms with Crippen molar-refractivity contribution in [2.75, 3.05) is 14.2 Å². The first-order valence-corrected chi connectivity index (χ1v) is 7.46. The van der Waals surface area contributed by atoms with Crippen LogP contribution in [-0.4, -0.2) is 23.8 Å². The van der Waals surface area contributed by atoms with Crippen LogP contribution in [0.15, 0.2) is 12.1 Å². The zero-order valence-corrected chi connectivity index (χ0v) is 13.2. The summed E-state index contributed by atoms with van der Waals surface area (Å²) in [6.45, 7) is 3.16. The van der Waals surface area contributed by atoms with Gasteiger partial charge in [-0.05, 0) is 18.6 Å². The van der Waals surface area contributed by atoms with Crippen LogP contribution in [0.1, 0.15) is 32.6 Å². The van der Waals surface area contributed by atoms with E-state index in [0.29, 0.717) is 0 Å². The lowest BCUT2D eigenvalue weighted by atomic mass is 10.2. The highest BCUT2D eigenvalue weighted by Crippen LogP contribution is 2.32. The Labute approximate surface area is 124 Å². The fourth-order valence-electron chi connectivity index (χ4n) is 2.40. The number of aromatic amines is 1. The number of fused-ring (bicyclic) bond motifs is 1. The molecule has 0 atom stereocenters. The standard InChI is InChI=1S/C15H22N2O2S/c1-4-5-6-7-8-17-12-10-14(19-3)13(18-2)9-11(12)16-15(17)20/h9-10H,4-8H2,1-3H3,(H,16,20). The second kappa shape index (κ2) is 6.79. The van der Waals surface area contributed by atoms with E-state index in [9.17, 15) is 0 Å². The summed E-state index contributed by atoms with van der Waals surface area (Å²) in [6, 6.07) is 3.92. The maximum atomic E-state index is 5.42. The Kier molecular flexibility index (Phi) is 5.06. The molecule has 0 aliphatic rings. The molecule has 0 aliphatic carbocycles. The van der Waals surface area contributed by atoms with Crippen LogP contribution in [0.3, 0.4) is 0 Å². The number of nitrogens with zero attached hydrogens (tertiary/aromatic N) is 1. The van der Waals surface area contributed by atoms with Gasteiger partial charge in [0.25, 0.3) is 0 Å². The van der Waals surface area contributed by atoms with Crippen molar-refractivity contribution in [1.82, 2.24) is 9.55 Å². The minimum atomic E-state index is 0.717. The molecule has 5 heteroatoms. The fourth-order valence-corrected chi connectivity index (χ4v) is 2.70. The number of aromatic nitrogens is 2. The fraction of sp³-hybridized carbons (Fsp3) is 0.533. The molecule has 0 saturated heterocycles. The number of hydrogen-bond acceptors (Lipinski definition) is 3. The van der Waals surface area contributed by atoms with Crippen molar-refractivity contribution in [3.8, 4) is 11.5 Å². The van der Waals surface area contributed by atoms with Gasteiger partial charge < -0.3 is 19.0 Å². The average molecular weight is 294 g/mol. The minimum Gasteiger partial charge on any atom is -0.493 e. The van der Waals surface area contributed by atoms with E-state index in [2.05, 4.69) is 16.5 Å². The second-order valence-corrected chi connectivity index (χ2v) is 5.25. The van der Waals surface area contributed by atoms with Crippen molar-refractivity contribution in [2.24, 2.45) is 0 Å². The van der Waals surface area contributed by atoms with Gasteiger partial charge in [0.05, 0.1) is 25.3 Å². The molecule has 20 heavy (non-hydrogen) atoms. The molecule has 2 rings (SSSR count). The maximum absolute atomic E-state index is 5.42. The van der Waals surface area contributed by atoms with Gasteiger partial charge in [-0.3, -0.25) is 0 Å². The van der Waals surface area contributed by atoms with Gasteiger partial charge in [-0.25, -0.2) is 0 Å². The molecular formula is C15H22N2O2S. The van der Waals surface area contributed by atoms with Crippen LogP contribution in [0.5, 0.6) is 11.5 Å². The number of rotatable bonds is 7. The third-order valence-corrected chi connectivity index (χ3v) is 3.84. The van der Waals surface area contributed by atoms with Crippen LogP contribution in [0, 0.1) is 4.77 Å². The topological polar surface area (TPSA) is 39.2 Å². The number of hydrogen-bond donors (Lipinski definition) is 1. The molecule has 0 aliphatic heterocycles. The minimum absolute atomic E-state index is 0.717. The van der Waals surface area contributed by atoms with Crippen LogP contribution < -0.4 is 9.47 Å². The van der Waals surface area contributed by atoms with Gasteiger partial charge in [-0.15, -0.1) is 0 Å². The van der Waals surface area contributed by atoms with Crippen molar-refractivity contribution in [2.45, 2.75) is 39.2 Å². The van der Waals surface area contributed by atoms with E-state index < -0.39 is 0 Å². The molecule has 0 fully saturated rings. The summed E-state index contributed by atoms with van der Waals surface area (Å²) in [6.07, 6.45) is 4.89. The lowest BCUT2D eigenvalue weighted by molar-refractivity contribution is 0.355. The first kappa shape index (κ1) is 14.9. The molecular weight excluding hydrogens is 272 g/mol. The average Bonchev–Trinajstić information content (AvgIpc) is 2.77. The van der Waals surface area contributed by atoms with Crippen LogP contribution >= 0.6 is 12.2 Å². The summed E-state index contributed by atoms with van der Waals surface area (Å²) in [5.41, 5.74) is 2.06. The second-order valence-electron chi connectivity index (χ2n) is 4.87. The smallest absolute Gasteiger partial charge is 0.178 e. The lowest BCUT2D eigenvalue weighted by Crippen LogP contribution is -1.98. The molecule has 1 heterocycles. The van der Waals surface area contributed by atoms with Gasteiger partial charge in [-0.1, -0.05) is 26.2 Å². The van der Waals surface area contributed by atoms with E-state index in [-0.39, 0.29) is 0 Å². The number of aryl methyl sites for hydroxylation is 1. The Morgan fingerprint density at radius 1 is 1.10 bits per heavy atom. The number of benzene rings is 1. The van der Waals surface area contributed by atoms with E-state index in [0.717, 1.165) is 40.3 Å². The SMILES string of the molecule is CCCCCCn1c(=S)[nH]c2cc(OC)c(OC)cc21. The largest absolute Gasteiger partial charge is 0.493 e. The van der Waals surface area contributed by atoms with Gasteiger partial charge in [0.2, 0.25) is 0 Å². The molecule has 0 spiro atoms. The molecule has 0 bridgehead atoms. The van der Waals surface area contributed by atoms with Crippen LogP contribution in [0.25, 0.3) is 11.0 Å².